The highest BCUT2D eigenvalue weighted by Gasteiger charge is 2.28. The number of aromatic nitrogens is 1. The molecule has 1 aliphatic carbocycles. The van der Waals surface area contributed by atoms with Crippen LogP contribution in [0.25, 0.3) is 10.9 Å². The highest BCUT2D eigenvalue weighted by Crippen LogP contribution is 2.29. The van der Waals surface area contributed by atoms with Gasteiger partial charge in [0.15, 0.2) is 12.0 Å². The van der Waals surface area contributed by atoms with Crippen molar-refractivity contribution < 1.29 is 14.3 Å². The molecule has 2 N–H and O–H groups in total. The van der Waals surface area contributed by atoms with Gasteiger partial charge in [-0.15, -0.1) is 0 Å². The van der Waals surface area contributed by atoms with Gasteiger partial charge in [-0.2, -0.15) is 0 Å². The van der Waals surface area contributed by atoms with Crippen molar-refractivity contribution in [2.24, 2.45) is 11.8 Å². The third-order valence-corrected chi connectivity index (χ3v) is 5.34. The Hall–Kier alpha value is -2.63. The van der Waals surface area contributed by atoms with Crippen LogP contribution >= 0.6 is 0 Å². The molecule has 3 atom stereocenters. The number of hydrogen-bond donors (Lipinski definition) is 2. The van der Waals surface area contributed by atoms with E-state index in [1.54, 1.807) is 24.3 Å². The number of benzene rings is 1. The van der Waals surface area contributed by atoms with E-state index in [0.717, 1.165) is 12.8 Å². The maximum Gasteiger partial charge on any atom is 0.355 e. The monoisotopic (exact) mass is 356 g/mol. The third kappa shape index (κ3) is 3.95. The number of esters is 1. The molecular formula is C20H24N2O4. The third-order valence-electron chi connectivity index (χ3n) is 5.34. The minimum absolute atomic E-state index is 0.0427. The highest BCUT2D eigenvalue weighted by atomic mass is 16.5. The lowest BCUT2D eigenvalue weighted by Crippen LogP contribution is -2.45. The molecule has 1 aromatic heterocycles. The van der Waals surface area contributed by atoms with Crippen molar-refractivity contribution in [3.8, 4) is 0 Å². The van der Waals surface area contributed by atoms with Crippen molar-refractivity contribution in [1.29, 1.82) is 0 Å². The van der Waals surface area contributed by atoms with Crippen molar-refractivity contribution in [3.05, 3.63) is 46.2 Å². The van der Waals surface area contributed by atoms with Crippen LogP contribution < -0.4 is 10.7 Å². The number of para-hydroxylation sites is 1. The Morgan fingerprint density at radius 2 is 2.00 bits per heavy atom. The molecule has 0 aliphatic heterocycles. The van der Waals surface area contributed by atoms with Crippen molar-refractivity contribution in [2.45, 2.75) is 39.2 Å². The van der Waals surface area contributed by atoms with Gasteiger partial charge >= 0.3 is 5.97 Å². The predicted octanol–water partition coefficient (Wildman–Crippen LogP) is 2.63. The number of aromatic amines is 1. The Morgan fingerprint density at radius 1 is 1.23 bits per heavy atom. The molecule has 138 valence electrons. The Kier molecular flexibility index (Phi) is 5.40. The molecule has 26 heavy (non-hydrogen) atoms. The maximum atomic E-state index is 12.2. The van der Waals surface area contributed by atoms with Crippen LogP contribution in [0.5, 0.6) is 0 Å². The van der Waals surface area contributed by atoms with Crippen molar-refractivity contribution in [1.82, 2.24) is 10.3 Å². The van der Waals surface area contributed by atoms with Crippen molar-refractivity contribution in [2.75, 3.05) is 6.61 Å². The van der Waals surface area contributed by atoms with Crippen LogP contribution in [-0.2, 0) is 9.53 Å². The zero-order valence-electron chi connectivity index (χ0n) is 15.1. The summed E-state index contributed by atoms with van der Waals surface area (Å²) < 4.78 is 5.08. The summed E-state index contributed by atoms with van der Waals surface area (Å²) in [5, 5.41) is 3.46. The molecule has 1 saturated carbocycles. The molecule has 2 aromatic rings. The van der Waals surface area contributed by atoms with Gasteiger partial charge in [-0.3, -0.25) is 9.59 Å². The number of H-pyrrole nitrogens is 1. The van der Waals surface area contributed by atoms with E-state index in [-0.39, 0.29) is 29.7 Å². The number of ether oxygens (including phenoxy) is 1. The Labute approximate surface area is 151 Å². The molecule has 1 heterocycles. The molecular weight excluding hydrogens is 332 g/mol. The smallest absolute Gasteiger partial charge is 0.355 e. The second kappa shape index (κ2) is 7.72. The fourth-order valence-corrected chi connectivity index (χ4v) is 3.55. The van der Waals surface area contributed by atoms with E-state index in [2.05, 4.69) is 24.1 Å². The number of nitrogens with one attached hydrogen (secondary N) is 2. The fraction of sp³-hybridized carbons (Fsp3) is 0.450. The number of carbonyl (C=O) groups excluding carboxylic acids is 2. The van der Waals surface area contributed by atoms with Crippen LogP contribution in [0.2, 0.25) is 0 Å². The van der Waals surface area contributed by atoms with E-state index in [1.165, 1.54) is 12.5 Å². The minimum atomic E-state index is -0.715. The maximum absolute atomic E-state index is 12.2. The Balaban J connectivity index is 1.60. The molecule has 6 heteroatoms. The standard InChI is InChI=1S/C20H24N2O4/c1-12-6-5-9-15(13(12)2)22-19(24)11-26-20(25)17-10-18(23)14-7-3-4-8-16(14)21-17/h3-4,7-8,10,12-13,15H,5-6,9,11H2,1-2H3,(H,21,23)(H,22,24)/t12-,13+,15+/m0/s1. The predicted molar refractivity (Wildman–Crippen MR) is 99.0 cm³/mol. The summed E-state index contributed by atoms with van der Waals surface area (Å²) in [5.41, 5.74) is 0.336. The van der Waals surface area contributed by atoms with E-state index < -0.39 is 5.97 Å². The van der Waals surface area contributed by atoms with Crippen LogP contribution in [0.3, 0.4) is 0 Å². The molecule has 0 unspecified atom stereocenters. The summed E-state index contributed by atoms with van der Waals surface area (Å²) in [7, 11) is 0. The van der Waals surface area contributed by atoms with E-state index in [0.29, 0.717) is 22.7 Å². The van der Waals surface area contributed by atoms with Crippen LogP contribution in [0.4, 0.5) is 0 Å². The quantitative estimate of drug-likeness (QED) is 0.824. The van der Waals surface area contributed by atoms with Gasteiger partial charge in [-0.25, -0.2) is 4.79 Å². The zero-order valence-corrected chi connectivity index (χ0v) is 15.1. The van der Waals surface area contributed by atoms with Gasteiger partial charge in [0.1, 0.15) is 5.69 Å². The van der Waals surface area contributed by atoms with Gasteiger partial charge in [-0.05, 0) is 30.4 Å². The molecule has 1 fully saturated rings. The first-order chi connectivity index (χ1) is 12.5. The first-order valence-corrected chi connectivity index (χ1v) is 9.04. The highest BCUT2D eigenvalue weighted by molar-refractivity contribution is 5.92. The number of carbonyl (C=O) groups is 2. The summed E-state index contributed by atoms with van der Waals surface area (Å²) in [6, 6.07) is 8.24. The van der Waals surface area contributed by atoms with Crippen LogP contribution in [-0.4, -0.2) is 29.5 Å². The number of fused-ring (bicyclic) bond motifs is 1. The minimum Gasteiger partial charge on any atom is -0.451 e. The molecule has 1 amide bonds. The lowest BCUT2D eigenvalue weighted by Gasteiger charge is -2.34. The second-order valence-electron chi connectivity index (χ2n) is 7.11. The van der Waals surface area contributed by atoms with Crippen molar-refractivity contribution >= 4 is 22.8 Å². The molecule has 0 spiro atoms. The molecule has 0 radical (unpaired) electrons. The molecule has 0 bridgehead atoms. The van der Waals surface area contributed by atoms with Gasteiger partial charge in [0, 0.05) is 23.0 Å². The van der Waals surface area contributed by atoms with E-state index in [1.807, 2.05) is 0 Å². The van der Waals surface area contributed by atoms with E-state index in [4.69, 9.17) is 4.74 Å². The molecule has 1 aromatic carbocycles. The number of rotatable bonds is 4. The normalized spacial score (nSPS) is 22.8. The Bertz CT molecular complexity index is 873. The average Bonchev–Trinajstić information content (AvgIpc) is 2.63. The topological polar surface area (TPSA) is 88.3 Å². The van der Waals surface area contributed by atoms with Gasteiger partial charge in [-0.1, -0.05) is 38.8 Å². The molecule has 0 saturated heterocycles. The summed E-state index contributed by atoms with van der Waals surface area (Å²) in [6.07, 6.45) is 3.22. The number of pyridine rings is 1. The lowest BCUT2D eigenvalue weighted by molar-refractivity contribution is -0.125. The van der Waals surface area contributed by atoms with Gasteiger partial charge < -0.3 is 15.0 Å². The first-order valence-electron chi connectivity index (χ1n) is 9.04. The van der Waals surface area contributed by atoms with Gasteiger partial charge in [0.05, 0.1) is 0 Å². The molecule has 6 nitrogen and oxygen atoms in total. The number of amides is 1. The van der Waals surface area contributed by atoms with Crippen LogP contribution in [0.1, 0.15) is 43.6 Å². The van der Waals surface area contributed by atoms with E-state index >= 15 is 0 Å². The fourth-order valence-electron chi connectivity index (χ4n) is 3.55. The van der Waals surface area contributed by atoms with Gasteiger partial charge in [0.25, 0.3) is 5.91 Å². The summed E-state index contributed by atoms with van der Waals surface area (Å²) >= 11 is 0. The lowest BCUT2D eigenvalue weighted by atomic mass is 9.78. The average molecular weight is 356 g/mol. The summed E-state index contributed by atoms with van der Waals surface area (Å²) in [4.78, 5) is 39.2. The van der Waals surface area contributed by atoms with Crippen LogP contribution in [0, 0.1) is 11.8 Å². The van der Waals surface area contributed by atoms with Crippen molar-refractivity contribution in [3.63, 3.8) is 0 Å². The molecule has 3 rings (SSSR count). The zero-order chi connectivity index (χ0) is 18.7. The van der Waals surface area contributed by atoms with Gasteiger partial charge in [0.2, 0.25) is 0 Å². The molecule has 1 aliphatic rings. The second-order valence-corrected chi connectivity index (χ2v) is 7.11. The Morgan fingerprint density at radius 3 is 2.81 bits per heavy atom. The largest absolute Gasteiger partial charge is 0.451 e. The summed E-state index contributed by atoms with van der Waals surface area (Å²) in [6.45, 7) is 3.98. The number of hydrogen-bond acceptors (Lipinski definition) is 4. The SMILES string of the molecule is C[C@@H]1[C@@H](C)CCC[C@H]1NC(=O)COC(=O)c1cc(=O)c2ccccc2[nH]1. The first kappa shape index (κ1) is 18.2. The summed E-state index contributed by atoms with van der Waals surface area (Å²) in [5.74, 6) is -0.0555. The van der Waals surface area contributed by atoms with E-state index in [9.17, 15) is 14.4 Å². The van der Waals surface area contributed by atoms with Crippen LogP contribution in [0.15, 0.2) is 35.1 Å².